The Morgan fingerprint density at radius 1 is 1.05 bits per heavy atom. The van der Waals surface area contributed by atoms with Crippen LogP contribution in [-0.4, -0.2) is 9.55 Å². The smallest absolute Gasteiger partial charge is 0.0746 e. The standard InChI is InChI=1S/C17H19N3/c1-2-20-11-5-9-16(20)13-18-12-15-7-3-6-14-8-4-10-19-17(14)15/h3-11,18H,2,12-13H2,1H3. The Balaban J connectivity index is 1.71. The molecule has 3 aromatic rings. The summed E-state index contributed by atoms with van der Waals surface area (Å²) in [6.07, 6.45) is 3.98. The molecule has 0 amide bonds. The van der Waals surface area contributed by atoms with E-state index < -0.39 is 0 Å². The number of rotatable bonds is 5. The van der Waals surface area contributed by atoms with Gasteiger partial charge in [0.15, 0.2) is 0 Å². The molecule has 2 aromatic heterocycles. The molecule has 0 spiro atoms. The molecular weight excluding hydrogens is 246 g/mol. The molecule has 0 atom stereocenters. The molecule has 0 aliphatic heterocycles. The third-order valence-electron chi connectivity index (χ3n) is 3.60. The Morgan fingerprint density at radius 3 is 2.85 bits per heavy atom. The van der Waals surface area contributed by atoms with Gasteiger partial charge in [0, 0.05) is 43.1 Å². The number of benzene rings is 1. The van der Waals surface area contributed by atoms with E-state index in [1.54, 1.807) is 0 Å². The first-order valence-electron chi connectivity index (χ1n) is 7.06. The monoisotopic (exact) mass is 265 g/mol. The van der Waals surface area contributed by atoms with Crippen molar-refractivity contribution in [2.75, 3.05) is 0 Å². The Bertz CT molecular complexity index is 695. The molecule has 0 aliphatic carbocycles. The van der Waals surface area contributed by atoms with Crippen LogP contribution in [0.2, 0.25) is 0 Å². The second-order valence-corrected chi connectivity index (χ2v) is 4.88. The number of hydrogen-bond acceptors (Lipinski definition) is 2. The predicted octanol–water partition coefficient (Wildman–Crippen LogP) is 3.35. The van der Waals surface area contributed by atoms with Gasteiger partial charge in [-0.05, 0) is 30.7 Å². The van der Waals surface area contributed by atoms with Crippen molar-refractivity contribution in [1.82, 2.24) is 14.9 Å². The highest BCUT2D eigenvalue weighted by Crippen LogP contribution is 2.15. The predicted molar refractivity (Wildman–Crippen MR) is 82.4 cm³/mol. The van der Waals surface area contributed by atoms with E-state index in [1.807, 2.05) is 12.3 Å². The number of aryl methyl sites for hydroxylation is 1. The molecular formula is C17H19N3. The Hall–Kier alpha value is -2.13. The van der Waals surface area contributed by atoms with Crippen molar-refractivity contribution in [3.63, 3.8) is 0 Å². The minimum atomic E-state index is 0.837. The van der Waals surface area contributed by atoms with Gasteiger partial charge in [-0.3, -0.25) is 4.98 Å². The average molecular weight is 265 g/mol. The summed E-state index contributed by atoms with van der Waals surface area (Å²) in [4.78, 5) is 4.49. The van der Waals surface area contributed by atoms with Gasteiger partial charge in [-0.1, -0.05) is 24.3 Å². The molecule has 0 saturated heterocycles. The summed E-state index contributed by atoms with van der Waals surface area (Å²) in [5.74, 6) is 0. The van der Waals surface area contributed by atoms with Gasteiger partial charge >= 0.3 is 0 Å². The van der Waals surface area contributed by atoms with Crippen LogP contribution in [0.5, 0.6) is 0 Å². The fourth-order valence-electron chi connectivity index (χ4n) is 2.55. The number of pyridine rings is 1. The number of aromatic nitrogens is 2. The molecule has 2 heterocycles. The highest BCUT2D eigenvalue weighted by molar-refractivity contribution is 5.81. The van der Waals surface area contributed by atoms with Crippen molar-refractivity contribution < 1.29 is 0 Å². The molecule has 0 unspecified atom stereocenters. The van der Waals surface area contributed by atoms with Crippen LogP contribution in [0.4, 0.5) is 0 Å². The normalized spacial score (nSPS) is 11.1. The topological polar surface area (TPSA) is 29.9 Å². The first-order chi connectivity index (χ1) is 9.88. The maximum atomic E-state index is 4.49. The van der Waals surface area contributed by atoms with Crippen molar-refractivity contribution >= 4 is 10.9 Å². The fraction of sp³-hybridized carbons (Fsp3) is 0.235. The summed E-state index contributed by atoms with van der Waals surface area (Å²) in [5, 5.41) is 4.71. The lowest BCUT2D eigenvalue weighted by atomic mass is 10.1. The van der Waals surface area contributed by atoms with E-state index in [-0.39, 0.29) is 0 Å². The first kappa shape index (κ1) is 12.9. The zero-order chi connectivity index (χ0) is 13.8. The molecule has 0 saturated carbocycles. The second kappa shape index (κ2) is 5.88. The third kappa shape index (κ3) is 2.58. The summed E-state index contributed by atoms with van der Waals surface area (Å²) in [6.45, 7) is 4.89. The highest BCUT2D eigenvalue weighted by atomic mass is 15.0. The van der Waals surface area contributed by atoms with E-state index in [2.05, 4.69) is 64.4 Å². The van der Waals surface area contributed by atoms with Crippen LogP contribution in [0.3, 0.4) is 0 Å². The average Bonchev–Trinajstić information content (AvgIpc) is 2.95. The molecule has 0 radical (unpaired) electrons. The van der Waals surface area contributed by atoms with Gasteiger partial charge in [0.25, 0.3) is 0 Å². The first-order valence-corrected chi connectivity index (χ1v) is 7.06. The number of hydrogen-bond donors (Lipinski definition) is 1. The summed E-state index contributed by atoms with van der Waals surface area (Å²) in [7, 11) is 0. The number of nitrogens with one attached hydrogen (secondary N) is 1. The van der Waals surface area contributed by atoms with Crippen LogP contribution in [0.1, 0.15) is 18.2 Å². The minimum absolute atomic E-state index is 0.837. The van der Waals surface area contributed by atoms with E-state index in [0.29, 0.717) is 0 Å². The zero-order valence-electron chi connectivity index (χ0n) is 11.7. The van der Waals surface area contributed by atoms with Gasteiger partial charge in [0.2, 0.25) is 0 Å². The molecule has 3 nitrogen and oxygen atoms in total. The van der Waals surface area contributed by atoms with Crippen LogP contribution >= 0.6 is 0 Å². The maximum absolute atomic E-state index is 4.49. The van der Waals surface area contributed by atoms with Crippen LogP contribution in [0.15, 0.2) is 54.9 Å². The molecule has 0 aliphatic rings. The summed E-state index contributed by atoms with van der Waals surface area (Å²) in [6, 6.07) is 14.7. The molecule has 20 heavy (non-hydrogen) atoms. The van der Waals surface area contributed by atoms with Crippen molar-refractivity contribution in [1.29, 1.82) is 0 Å². The molecule has 102 valence electrons. The van der Waals surface area contributed by atoms with E-state index in [0.717, 1.165) is 25.2 Å². The summed E-state index contributed by atoms with van der Waals surface area (Å²) in [5.41, 5.74) is 3.66. The van der Waals surface area contributed by atoms with Crippen molar-refractivity contribution in [2.45, 2.75) is 26.6 Å². The fourth-order valence-corrected chi connectivity index (χ4v) is 2.55. The largest absolute Gasteiger partial charge is 0.351 e. The van der Waals surface area contributed by atoms with Crippen molar-refractivity contribution in [2.24, 2.45) is 0 Å². The summed E-state index contributed by atoms with van der Waals surface area (Å²) < 4.78 is 2.26. The minimum Gasteiger partial charge on any atom is -0.351 e. The Kier molecular flexibility index (Phi) is 3.79. The Morgan fingerprint density at radius 2 is 1.95 bits per heavy atom. The number of nitrogens with zero attached hydrogens (tertiary/aromatic N) is 2. The van der Waals surface area contributed by atoms with Gasteiger partial charge in [0.05, 0.1) is 5.52 Å². The lowest BCUT2D eigenvalue weighted by molar-refractivity contribution is 0.630. The summed E-state index contributed by atoms with van der Waals surface area (Å²) >= 11 is 0. The molecule has 1 N–H and O–H groups in total. The van der Waals surface area contributed by atoms with Gasteiger partial charge in [0.1, 0.15) is 0 Å². The number of para-hydroxylation sites is 1. The van der Waals surface area contributed by atoms with Crippen molar-refractivity contribution in [3.8, 4) is 0 Å². The maximum Gasteiger partial charge on any atom is 0.0746 e. The molecule has 0 fully saturated rings. The quantitative estimate of drug-likeness (QED) is 0.766. The number of fused-ring (bicyclic) bond motifs is 1. The lowest BCUT2D eigenvalue weighted by Gasteiger charge is -2.09. The van der Waals surface area contributed by atoms with Crippen molar-refractivity contribution in [3.05, 3.63) is 66.1 Å². The van der Waals surface area contributed by atoms with E-state index in [9.17, 15) is 0 Å². The van der Waals surface area contributed by atoms with E-state index in [4.69, 9.17) is 0 Å². The van der Waals surface area contributed by atoms with Crippen LogP contribution < -0.4 is 5.32 Å². The van der Waals surface area contributed by atoms with E-state index in [1.165, 1.54) is 16.6 Å². The molecule has 3 rings (SSSR count). The van der Waals surface area contributed by atoms with Gasteiger partial charge in [-0.25, -0.2) is 0 Å². The zero-order valence-corrected chi connectivity index (χ0v) is 11.7. The Labute approximate surface area is 119 Å². The van der Waals surface area contributed by atoms with Crippen LogP contribution in [-0.2, 0) is 19.6 Å². The van der Waals surface area contributed by atoms with Crippen LogP contribution in [0.25, 0.3) is 10.9 Å². The molecule has 1 aromatic carbocycles. The second-order valence-electron chi connectivity index (χ2n) is 4.88. The lowest BCUT2D eigenvalue weighted by Crippen LogP contribution is -2.15. The van der Waals surface area contributed by atoms with Crippen LogP contribution in [0, 0.1) is 0 Å². The van der Waals surface area contributed by atoms with Gasteiger partial charge < -0.3 is 9.88 Å². The third-order valence-corrected chi connectivity index (χ3v) is 3.60. The van der Waals surface area contributed by atoms with E-state index >= 15 is 0 Å². The molecule has 0 bridgehead atoms. The van der Waals surface area contributed by atoms with Gasteiger partial charge in [-0.15, -0.1) is 0 Å². The SMILES string of the molecule is CCn1cccc1CNCc1cccc2cccnc12. The highest BCUT2D eigenvalue weighted by Gasteiger charge is 2.02. The molecule has 3 heteroatoms. The van der Waals surface area contributed by atoms with Gasteiger partial charge in [-0.2, -0.15) is 0 Å².